The molecule has 0 radical (unpaired) electrons. The molecule has 1 aromatic heterocycles. The van der Waals surface area contributed by atoms with E-state index in [4.69, 9.17) is 0 Å². The van der Waals surface area contributed by atoms with E-state index in [0.29, 0.717) is 23.7 Å². The van der Waals surface area contributed by atoms with E-state index in [1.807, 2.05) is 0 Å². The average Bonchev–Trinajstić information content (AvgIpc) is 3.19. The van der Waals surface area contributed by atoms with E-state index >= 15 is 0 Å². The number of carbonyl (C=O) groups is 3. The van der Waals surface area contributed by atoms with Crippen molar-refractivity contribution >= 4 is 34.2 Å². The Kier molecular flexibility index (Phi) is 5.25. The maximum atomic E-state index is 12.4. The minimum Gasteiger partial charge on any atom is -0.312 e. The Hall–Kier alpha value is -4.01. The summed E-state index contributed by atoms with van der Waals surface area (Å²) in [6, 6.07) is 13.7. The highest BCUT2D eigenvalue weighted by molar-refractivity contribution is 6.05. The topological polar surface area (TPSA) is 124 Å². The van der Waals surface area contributed by atoms with E-state index in [2.05, 4.69) is 21.0 Å². The van der Waals surface area contributed by atoms with Crippen LogP contribution in [-0.2, 0) is 16.0 Å². The largest absolute Gasteiger partial charge is 0.312 e. The zero-order valence-corrected chi connectivity index (χ0v) is 16.0. The molecule has 0 unspecified atom stereocenters. The molecule has 1 aliphatic rings. The molecule has 0 aliphatic carbocycles. The molecule has 2 aromatic carbocycles. The zero-order chi connectivity index (χ0) is 21.1. The van der Waals surface area contributed by atoms with Gasteiger partial charge in [-0.3, -0.25) is 30.0 Å². The van der Waals surface area contributed by atoms with Gasteiger partial charge < -0.3 is 4.90 Å². The van der Waals surface area contributed by atoms with Gasteiger partial charge in [0.1, 0.15) is 0 Å². The number of aromatic nitrogens is 2. The highest BCUT2D eigenvalue weighted by Gasteiger charge is 2.21. The summed E-state index contributed by atoms with van der Waals surface area (Å²) in [5, 5.41) is 6.79. The molecule has 0 atom stereocenters. The molecule has 3 aromatic rings. The van der Waals surface area contributed by atoms with Crippen LogP contribution in [0.15, 0.2) is 53.3 Å². The van der Waals surface area contributed by atoms with Crippen molar-refractivity contribution in [1.29, 1.82) is 0 Å². The SMILES string of the molecule is O=C(Cc1ccc(N2CCCC2=O)cc1)NNC(=O)c1n[nH]c(=O)c2ccccc12. The molecular formula is C21H19N5O4. The Bertz CT molecular complexity index is 1190. The molecule has 9 nitrogen and oxygen atoms in total. The standard InChI is InChI=1S/C21H19N5O4/c27-17(12-13-7-9-14(10-8-13)26-11-3-6-18(26)28)22-25-21(30)19-15-4-1-2-5-16(15)20(29)24-23-19/h1-2,4-5,7-10H,3,6,11-12H2,(H,22,27)(H,24,29)(H,25,30). The summed E-state index contributed by atoms with van der Waals surface area (Å²) in [6.45, 7) is 0.707. The van der Waals surface area contributed by atoms with Crippen molar-refractivity contribution in [2.24, 2.45) is 0 Å². The van der Waals surface area contributed by atoms with Crippen LogP contribution in [0.5, 0.6) is 0 Å². The predicted molar refractivity (Wildman–Crippen MR) is 110 cm³/mol. The van der Waals surface area contributed by atoms with E-state index in [1.54, 1.807) is 53.4 Å². The van der Waals surface area contributed by atoms with E-state index in [9.17, 15) is 19.2 Å². The lowest BCUT2D eigenvalue weighted by atomic mass is 10.1. The second-order valence-corrected chi connectivity index (χ2v) is 6.94. The van der Waals surface area contributed by atoms with E-state index in [-0.39, 0.29) is 18.0 Å². The normalized spacial score (nSPS) is 13.5. The monoisotopic (exact) mass is 405 g/mol. The van der Waals surface area contributed by atoms with Crippen molar-refractivity contribution in [1.82, 2.24) is 21.0 Å². The fraction of sp³-hybridized carbons (Fsp3) is 0.190. The van der Waals surface area contributed by atoms with Crippen LogP contribution in [0.3, 0.4) is 0 Å². The van der Waals surface area contributed by atoms with Gasteiger partial charge in [0.15, 0.2) is 5.69 Å². The molecule has 0 spiro atoms. The molecule has 2 heterocycles. The minimum atomic E-state index is -0.640. The zero-order valence-electron chi connectivity index (χ0n) is 16.0. The van der Waals surface area contributed by atoms with Gasteiger partial charge in [0.05, 0.1) is 11.8 Å². The first-order valence-corrected chi connectivity index (χ1v) is 9.49. The van der Waals surface area contributed by atoms with Gasteiger partial charge in [-0.05, 0) is 30.2 Å². The molecule has 1 fully saturated rings. The lowest BCUT2D eigenvalue weighted by Gasteiger charge is -2.16. The number of carbonyl (C=O) groups excluding carboxylic acids is 3. The van der Waals surface area contributed by atoms with E-state index in [1.165, 1.54) is 0 Å². The maximum absolute atomic E-state index is 12.4. The summed E-state index contributed by atoms with van der Waals surface area (Å²) in [5.74, 6) is -0.952. The molecule has 3 N–H and O–H groups in total. The Balaban J connectivity index is 1.37. The van der Waals surface area contributed by atoms with Gasteiger partial charge in [0.25, 0.3) is 11.5 Å². The van der Waals surface area contributed by atoms with Crippen molar-refractivity contribution in [2.75, 3.05) is 11.4 Å². The van der Waals surface area contributed by atoms with Crippen LogP contribution < -0.4 is 21.3 Å². The third-order valence-corrected chi connectivity index (χ3v) is 4.91. The van der Waals surface area contributed by atoms with Gasteiger partial charge in [0, 0.05) is 24.0 Å². The van der Waals surface area contributed by atoms with Crippen LogP contribution in [0.4, 0.5) is 5.69 Å². The molecule has 4 rings (SSSR count). The molecule has 0 saturated carbocycles. The van der Waals surface area contributed by atoms with Crippen LogP contribution in [-0.4, -0.2) is 34.5 Å². The number of nitrogens with zero attached hydrogens (tertiary/aromatic N) is 2. The quantitative estimate of drug-likeness (QED) is 0.560. The third-order valence-electron chi connectivity index (χ3n) is 4.91. The smallest absolute Gasteiger partial charge is 0.290 e. The van der Waals surface area contributed by atoms with E-state index in [0.717, 1.165) is 17.7 Å². The van der Waals surface area contributed by atoms with Gasteiger partial charge in [-0.25, -0.2) is 5.10 Å². The number of nitrogens with one attached hydrogen (secondary N) is 3. The summed E-state index contributed by atoms with van der Waals surface area (Å²) in [7, 11) is 0. The molecule has 30 heavy (non-hydrogen) atoms. The van der Waals surface area contributed by atoms with Crippen molar-refractivity contribution in [3.8, 4) is 0 Å². The molecule has 152 valence electrons. The first kappa shape index (κ1) is 19.3. The van der Waals surface area contributed by atoms with Crippen molar-refractivity contribution in [3.63, 3.8) is 0 Å². The summed E-state index contributed by atoms with van der Waals surface area (Å²) in [6.07, 6.45) is 1.46. The first-order valence-electron chi connectivity index (χ1n) is 9.49. The fourth-order valence-corrected chi connectivity index (χ4v) is 3.42. The van der Waals surface area contributed by atoms with Crippen LogP contribution in [0.25, 0.3) is 10.8 Å². The van der Waals surface area contributed by atoms with Gasteiger partial charge >= 0.3 is 0 Å². The van der Waals surface area contributed by atoms with Crippen LogP contribution in [0, 0.1) is 0 Å². The van der Waals surface area contributed by atoms with Crippen LogP contribution in [0.2, 0.25) is 0 Å². The molecular weight excluding hydrogens is 386 g/mol. The number of amides is 3. The number of fused-ring (bicyclic) bond motifs is 1. The summed E-state index contributed by atoms with van der Waals surface area (Å²) in [5.41, 5.74) is 5.83. The van der Waals surface area contributed by atoms with Crippen LogP contribution in [0.1, 0.15) is 28.9 Å². The molecule has 9 heteroatoms. The molecule has 3 amide bonds. The summed E-state index contributed by atoms with van der Waals surface area (Å²) in [4.78, 5) is 49.9. The first-order chi connectivity index (χ1) is 14.5. The number of H-pyrrole nitrogens is 1. The van der Waals surface area contributed by atoms with Gasteiger partial charge in [-0.15, -0.1) is 0 Å². The molecule has 1 saturated heterocycles. The third kappa shape index (κ3) is 3.90. The van der Waals surface area contributed by atoms with Crippen molar-refractivity contribution in [3.05, 3.63) is 70.1 Å². The maximum Gasteiger partial charge on any atom is 0.290 e. The summed E-state index contributed by atoms with van der Waals surface area (Å²) >= 11 is 0. The second-order valence-electron chi connectivity index (χ2n) is 6.94. The van der Waals surface area contributed by atoms with Crippen LogP contribution >= 0.6 is 0 Å². The number of aromatic amines is 1. The Morgan fingerprint density at radius 1 is 1.00 bits per heavy atom. The Labute approximate surface area is 171 Å². The number of rotatable bonds is 4. The fourth-order valence-electron chi connectivity index (χ4n) is 3.42. The van der Waals surface area contributed by atoms with Crippen molar-refractivity contribution < 1.29 is 14.4 Å². The van der Waals surface area contributed by atoms with Gasteiger partial charge in [-0.2, -0.15) is 5.10 Å². The van der Waals surface area contributed by atoms with Gasteiger partial charge in [-0.1, -0.05) is 30.3 Å². The number of hydrogen-bond donors (Lipinski definition) is 3. The minimum absolute atomic E-state index is 0.00475. The Morgan fingerprint density at radius 3 is 2.43 bits per heavy atom. The summed E-state index contributed by atoms with van der Waals surface area (Å²) < 4.78 is 0. The van der Waals surface area contributed by atoms with Crippen molar-refractivity contribution in [2.45, 2.75) is 19.3 Å². The number of hydrogen-bond acceptors (Lipinski definition) is 5. The number of benzene rings is 2. The predicted octanol–water partition coefficient (Wildman–Crippen LogP) is 1.05. The van der Waals surface area contributed by atoms with Gasteiger partial charge in [0.2, 0.25) is 11.8 Å². The lowest BCUT2D eigenvalue weighted by molar-refractivity contribution is -0.121. The average molecular weight is 405 g/mol. The molecule has 1 aliphatic heterocycles. The Morgan fingerprint density at radius 2 is 1.73 bits per heavy atom. The number of hydrazine groups is 1. The number of anilines is 1. The van der Waals surface area contributed by atoms with E-state index < -0.39 is 17.4 Å². The highest BCUT2D eigenvalue weighted by atomic mass is 16.2. The molecule has 0 bridgehead atoms. The highest BCUT2D eigenvalue weighted by Crippen LogP contribution is 2.21. The lowest BCUT2D eigenvalue weighted by Crippen LogP contribution is -2.43. The second kappa shape index (κ2) is 8.16.